The molecule has 1 N–H and O–H groups in total. The molecule has 1 unspecified atom stereocenters. The van der Waals surface area contributed by atoms with Gasteiger partial charge in [0.15, 0.2) is 0 Å². The molecule has 3 nitrogen and oxygen atoms in total. The third-order valence-electron chi connectivity index (χ3n) is 3.25. The molecule has 0 radical (unpaired) electrons. The number of benzene rings is 2. The van der Waals surface area contributed by atoms with E-state index < -0.39 is 6.10 Å². The van der Waals surface area contributed by atoms with Crippen LogP contribution in [0, 0.1) is 0 Å². The lowest BCUT2D eigenvalue weighted by molar-refractivity contribution is 0.108. The van der Waals surface area contributed by atoms with Crippen LogP contribution in [-0.2, 0) is 6.42 Å². The fraction of sp³-hybridized carbons (Fsp3) is 0.250. The molecular weight excluding hydrogens is 240 g/mol. The van der Waals surface area contributed by atoms with Crippen molar-refractivity contribution in [2.45, 2.75) is 12.5 Å². The van der Waals surface area contributed by atoms with E-state index in [1.807, 2.05) is 48.5 Å². The fourth-order valence-corrected chi connectivity index (χ4v) is 2.20. The molecule has 1 aliphatic rings. The Hall–Kier alpha value is -2.00. The lowest BCUT2D eigenvalue weighted by atomic mass is 10.0. The maximum atomic E-state index is 10.1. The first-order valence-electron chi connectivity index (χ1n) is 6.44. The summed E-state index contributed by atoms with van der Waals surface area (Å²) in [5.74, 6) is 1.70. The Morgan fingerprint density at radius 2 is 2.00 bits per heavy atom. The highest BCUT2D eigenvalue weighted by Gasteiger charge is 2.15. The van der Waals surface area contributed by atoms with Crippen molar-refractivity contribution in [1.29, 1.82) is 0 Å². The molecule has 3 rings (SSSR count). The highest BCUT2D eigenvalue weighted by Crippen LogP contribution is 2.28. The smallest absolute Gasteiger partial charge is 0.122 e. The zero-order valence-electron chi connectivity index (χ0n) is 10.6. The second-order valence-corrected chi connectivity index (χ2v) is 4.61. The second-order valence-electron chi connectivity index (χ2n) is 4.61. The monoisotopic (exact) mass is 256 g/mol. The van der Waals surface area contributed by atoms with Crippen molar-refractivity contribution >= 4 is 0 Å². The summed E-state index contributed by atoms with van der Waals surface area (Å²) in [5.41, 5.74) is 2.04. The van der Waals surface area contributed by atoms with Gasteiger partial charge in [0.1, 0.15) is 24.2 Å². The summed E-state index contributed by atoms with van der Waals surface area (Å²) in [5, 5.41) is 10.1. The van der Waals surface area contributed by atoms with E-state index in [4.69, 9.17) is 9.47 Å². The van der Waals surface area contributed by atoms with Crippen LogP contribution in [0.3, 0.4) is 0 Å². The molecule has 0 amide bonds. The number of ether oxygens (including phenoxy) is 2. The highest BCUT2D eigenvalue weighted by atomic mass is 16.5. The van der Waals surface area contributed by atoms with Gasteiger partial charge in [0.05, 0.1) is 6.61 Å². The van der Waals surface area contributed by atoms with E-state index in [0.29, 0.717) is 0 Å². The summed E-state index contributed by atoms with van der Waals surface area (Å²) in [6.07, 6.45) is 0.293. The van der Waals surface area contributed by atoms with Crippen molar-refractivity contribution in [3.05, 3.63) is 59.7 Å². The molecule has 3 heteroatoms. The molecule has 2 aromatic rings. The van der Waals surface area contributed by atoms with Gasteiger partial charge >= 0.3 is 0 Å². The van der Waals surface area contributed by atoms with Crippen molar-refractivity contribution in [2.75, 3.05) is 13.2 Å². The van der Waals surface area contributed by atoms with Crippen LogP contribution in [0.1, 0.15) is 17.2 Å². The van der Waals surface area contributed by atoms with Gasteiger partial charge in [-0.2, -0.15) is 0 Å². The molecule has 0 aromatic heterocycles. The number of para-hydroxylation sites is 1. The molecule has 2 aromatic carbocycles. The van der Waals surface area contributed by atoms with Crippen molar-refractivity contribution in [3.63, 3.8) is 0 Å². The largest absolute Gasteiger partial charge is 0.493 e. The van der Waals surface area contributed by atoms with Crippen molar-refractivity contribution < 1.29 is 14.6 Å². The summed E-state index contributed by atoms with van der Waals surface area (Å²) in [6.45, 7) is 0.985. The lowest BCUT2D eigenvalue weighted by Gasteiger charge is -2.13. The third-order valence-corrected chi connectivity index (χ3v) is 3.25. The van der Waals surface area contributed by atoms with Gasteiger partial charge in [-0.25, -0.2) is 0 Å². The minimum absolute atomic E-state index is 0.254. The zero-order chi connectivity index (χ0) is 13.1. The van der Waals surface area contributed by atoms with Crippen LogP contribution in [0.5, 0.6) is 11.5 Å². The van der Waals surface area contributed by atoms with Gasteiger partial charge in [-0.1, -0.05) is 24.3 Å². The van der Waals surface area contributed by atoms with Crippen LogP contribution in [0.2, 0.25) is 0 Å². The van der Waals surface area contributed by atoms with Gasteiger partial charge in [0.25, 0.3) is 0 Å². The van der Waals surface area contributed by atoms with E-state index in [1.54, 1.807) is 0 Å². The van der Waals surface area contributed by atoms with Crippen LogP contribution in [0.4, 0.5) is 0 Å². The van der Waals surface area contributed by atoms with E-state index in [1.165, 1.54) is 0 Å². The molecule has 1 aliphatic heterocycles. The number of hydrogen-bond acceptors (Lipinski definition) is 3. The number of rotatable bonds is 4. The average molecular weight is 256 g/mol. The van der Waals surface area contributed by atoms with E-state index in [0.717, 1.165) is 35.7 Å². The molecule has 0 bridgehead atoms. The Balaban J connectivity index is 1.65. The van der Waals surface area contributed by atoms with Gasteiger partial charge in [-0.15, -0.1) is 0 Å². The quantitative estimate of drug-likeness (QED) is 0.914. The Morgan fingerprint density at radius 1 is 1.16 bits per heavy atom. The van der Waals surface area contributed by atoms with E-state index in [2.05, 4.69) is 0 Å². The summed E-state index contributed by atoms with van der Waals surface area (Å²) < 4.78 is 11.0. The first kappa shape index (κ1) is 12.1. The van der Waals surface area contributed by atoms with Gasteiger partial charge in [0, 0.05) is 6.42 Å². The Bertz CT molecular complexity index is 551. The molecule has 0 saturated carbocycles. The zero-order valence-corrected chi connectivity index (χ0v) is 10.6. The normalized spacial score (nSPS) is 14.6. The minimum Gasteiger partial charge on any atom is -0.493 e. The van der Waals surface area contributed by atoms with Crippen LogP contribution in [0.15, 0.2) is 48.5 Å². The minimum atomic E-state index is -0.619. The molecule has 1 heterocycles. The Morgan fingerprint density at radius 3 is 2.84 bits per heavy atom. The topological polar surface area (TPSA) is 38.7 Å². The second kappa shape index (κ2) is 5.33. The third kappa shape index (κ3) is 2.71. The standard InChI is InChI=1S/C16H16O3/c17-15(11-19-14-4-2-1-3-5-14)12-6-7-16-13(10-12)8-9-18-16/h1-7,10,15,17H,8-9,11H2. The number of fused-ring (bicyclic) bond motifs is 1. The maximum absolute atomic E-state index is 10.1. The number of aliphatic hydroxyl groups is 1. The lowest BCUT2D eigenvalue weighted by Crippen LogP contribution is -2.09. The van der Waals surface area contributed by atoms with E-state index in [9.17, 15) is 5.11 Å². The molecule has 0 aliphatic carbocycles. The Kier molecular flexibility index (Phi) is 3.38. The van der Waals surface area contributed by atoms with Crippen LogP contribution >= 0.6 is 0 Å². The summed E-state index contributed by atoms with van der Waals surface area (Å²) >= 11 is 0. The summed E-state index contributed by atoms with van der Waals surface area (Å²) in [4.78, 5) is 0. The van der Waals surface area contributed by atoms with Gasteiger partial charge in [-0.3, -0.25) is 0 Å². The predicted octanol–water partition coefficient (Wildman–Crippen LogP) is 2.73. The molecule has 19 heavy (non-hydrogen) atoms. The SMILES string of the molecule is OC(COc1ccccc1)c1ccc2c(c1)CCO2. The summed E-state index contributed by atoms with van der Waals surface area (Å²) in [7, 11) is 0. The molecule has 0 fully saturated rings. The number of aliphatic hydroxyl groups excluding tert-OH is 1. The Labute approximate surface area is 112 Å². The number of hydrogen-bond donors (Lipinski definition) is 1. The summed E-state index contributed by atoms with van der Waals surface area (Å²) in [6, 6.07) is 15.3. The molecule has 0 spiro atoms. The van der Waals surface area contributed by atoms with Crippen LogP contribution in [0.25, 0.3) is 0 Å². The van der Waals surface area contributed by atoms with E-state index >= 15 is 0 Å². The van der Waals surface area contributed by atoms with Gasteiger partial charge in [0.2, 0.25) is 0 Å². The van der Waals surface area contributed by atoms with Crippen molar-refractivity contribution in [1.82, 2.24) is 0 Å². The molecule has 98 valence electrons. The average Bonchev–Trinajstić information content (AvgIpc) is 2.93. The van der Waals surface area contributed by atoms with E-state index in [-0.39, 0.29) is 6.61 Å². The molecular formula is C16H16O3. The van der Waals surface area contributed by atoms with Crippen LogP contribution < -0.4 is 9.47 Å². The molecule has 1 atom stereocenters. The van der Waals surface area contributed by atoms with Crippen molar-refractivity contribution in [3.8, 4) is 11.5 Å². The first-order valence-corrected chi connectivity index (χ1v) is 6.44. The fourth-order valence-electron chi connectivity index (χ4n) is 2.20. The maximum Gasteiger partial charge on any atom is 0.122 e. The van der Waals surface area contributed by atoms with Crippen molar-refractivity contribution in [2.24, 2.45) is 0 Å². The molecule has 0 saturated heterocycles. The van der Waals surface area contributed by atoms with Gasteiger partial charge in [-0.05, 0) is 35.4 Å². The predicted molar refractivity (Wildman–Crippen MR) is 72.5 cm³/mol. The van der Waals surface area contributed by atoms with Gasteiger partial charge < -0.3 is 14.6 Å². The first-order chi connectivity index (χ1) is 9.33. The highest BCUT2D eigenvalue weighted by molar-refractivity contribution is 5.40. The van der Waals surface area contributed by atoms with Crippen LogP contribution in [-0.4, -0.2) is 18.3 Å².